The molecule has 0 aliphatic carbocycles. The van der Waals surface area contributed by atoms with Gasteiger partial charge >= 0.3 is 0 Å². The fraction of sp³-hybridized carbons (Fsp3) is 0.529. The first kappa shape index (κ1) is 19.7. The predicted molar refractivity (Wildman–Crippen MR) is 114 cm³/mol. The highest BCUT2D eigenvalue weighted by Gasteiger charge is 2.34. The second-order valence-corrected chi connectivity index (χ2v) is 10.9. The zero-order valence-electron chi connectivity index (χ0n) is 14.6. The van der Waals surface area contributed by atoms with E-state index in [1.807, 2.05) is 27.7 Å². The number of nitrogens with zero attached hydrogens (tertiary/aromatic N) is 1. The summed E-state index contributed by atoms with van der Waals surface area (Å²) in [4.78, 5) is 0. The predicted octanol–water partition coefficient (Wildman–Crippen LogP) is 5.45. The van der Waals surface area contributed by atoms with Crippen LogP contribution in [0.1, 0.15) is 45.9 Å². The second kappa shape index (κ2) is 7.19. The van der Waals surface area contributed by atoms with Gasteiger partial charge in [-0.3, -0.25) is 0 Å². The quantitative estimate of drug-likeness (QED) is 0.551. The Morgan fingerprint density at radius 2 is 2.12 bits per heavy atom. The van der Waals surface area contributed by atoms with Gasteiger partial charge in [-0.1, -0.05) is 23.2 Å². The van der Waals surface area contributed by atoms with E-state index >= 15 is 0 Å². The lowest BCUT2D eigenvalue weighted by Crippen LogP contribution is -2.35. The van der Waals surface area contributed by atoms with Gasteiger partial charge in [0.2, 0.25) is 0 Å². The molecule has 0 radical (unpaired) electrons. The number of hydrogen-bond acceptors (Lipinski definition) is 2. The molecule has 2 aromatic rings. The van der Waals surface area contributed by atoms with Gasteiger partial charge < -0.3 is 9.30 Å². The molecule has 1 aliphatic heterocycles. The van der Waals surface area contributed by atoms with Gasteiger partial charge in [0, 0.05) is 16.2 Å². The Bertz CT molecular complexity index is 861. The number of halogens is 3. The summed E-state index contributed by atoms with van der Waals surface area (Å²) in [5, 5.41) is 2.02. The number of benzene rings is 1. The van der Waals surface area contributed by atoms with Crippen molar-refractivity contribution < 1.29 is 8.95 Å². The number of fused-ring (bicyclic) bond motifs is 3. The zero-order chi connectivity index (χ0) is 18.5. The number of rotatable bonds is 4. The maximum Gasteiger partial charge on any atom is 0.131 e. The van der Waals surface area contributed by atoms with E-state index in [1.54, 1.807) is 6.07 Å². The Morgan fingerprint density at radius 1 is 1.44 bits per heavy atom. The monoisotopic (exact) mass is 514 g/mol. The second-order valence-electron chi connectivity index (χ2n) is 7.02. The van der Waals surface area contributed by atoms with E-state index in [0.717, 1.165) is 38.9 Å². The highest BCUT2D eigenvalue weighted by Crippen LogP contribution is 2.46. The molecule has 25 heavy (non-hydrogen) atoms. The minimum absolute atomic E-state index is 0.0173. The van der Waals surface area contributed by atoms with E-state index in [-0.39, 0.29) is 10.8 Å². The van der Waals surface area contributed by atoms with Crippen molar-refractivity contribution in [1.82, 2.24) is 9.29 Å². The Morgan fingerprint density at radius 3 is 2.72 bits per heavy atom. The van der Waals surface area contributed by atoms with Crippen LogP contribution in [0.3, 0.4) is 0 Å². The van der Waals surface area contributed by atoms with E-state index in [0.29, 0.717) is 16.7 Å². The average molecular weight is 515 g/mol. The first-order chi connectivity index (χ1) is 11.7. The van der Waals surface area contributed by atoms with Crippen LogP contribution >= 0.6 is 45.8 Å². The third-order valence-corrected chi connectivity index (χ3v) is 7.72. The maximum atomic E-state index is 12.6. The maximum absolute atomic E-state index is 12.6. The molecule has 4 nitrogen and oxygen atoms in total. The molecule has 0 saturated carbocycles. The Kier molecular flexibility index (Phi) is 5.67. The molecule has 138 valence electrons. The fourth-order valence-electron chi connectivity index (χ4n) is 3.08. The van der Waals surface area contributed by atoms with Crippen LogP contribution in [0.5, 0.6) is 5.75 Å². The first-order valence-electron chi connectivity index (χ1n) is 8.17. The Labute approximate surface area is 174 Å². The summed E-state index contributed by atoms with van der Waals surface area (Å²) < 4.78 is 24.6. The normalized spacial score (nSPS) is 18.6. The standard InChI is InChI=1S/C17H21Cl2IN2O2S/c1-5-24-11-8-9(18)13(19)16-12(11)14(20)15-10(6-7-22(15)16)21-25(23)17(2,3)4/h8,10,21H,5-7H2,1-4H3/t10-,25?/m0/s1. The largest absolute Gasteiger partial charge is 0.493 e. The Balaban J connectivity index is 2.15. The van der Waals surface area contributed by atoms with Gasteiger partial charge in [-0.15, -0.1) is 0 Å². The molecule has 0 bridgehead atoms. The highest BCUT2D eigenvalue weighted by molar-refractivity contribution is 14.1. The summed E-state index contributed by atoms with van der Waals surface area (Å²) >= 11 is 15.2. The number of ether oxygens (including phenoxy) is 1. The molecule has 0 amide bonds. The van der Waals surface area contributed by atoms with E-state index in [1.165, 1.54) is 0 Å². The van der Waals surface area contributed by atoms with Crippen LogP contribution in [0, 0.1) is 3.57 Å². The van der Waals surface area contributed by atoms with Gasteiger partial charge in [0.1, 0.15) is 5.75 Å². The third-order valence-electron chi connectivity index (χ3n) is 4.24. The summed E-state index contributed by atoms with van der Waals surface area (Å²) in [6.07, 6.45) is 0.871. The van der Waals surface area contributed by atoms with Gasteiger partial charge in [-0.2, -0.15) is 0 Å². The zero-order valence-corrected chi connectivity index (χ0v) is 19.1. The smallest absolute Gasteiger partial charge is 0.131 e. The molecule has 0 spiro atoms. The average Bonchev–Trinajstić information content (AvgIpc) is 3.04. The number of aryl methyl sites for hydroxylation is 1. The summed E-state index contributed by atoms with van der Waals surface area (Å²) in [7, 11) is -1.14. The third kappa shape index (κ3) is 3.45. The van der Waals surface area contributed by atoms with Gasteiger partial charge in [0.05, 0.1) is 55.0 Å². The summed E-state index contributed by atoms with van der Waals surface area (Å²) in [5.74, 6) is 0.744. The molecule has 1 aliphatic rings. The van der Waals surface area contributed by atoms with E-state index < -0.39 is 11.0 Å². The van der Waals surface area contributed by atoms with Crippen LogP contribution in [-0.4, -0.2) is 20.1 Å². The van der Waals surface area contributed by atoms with Gasteiger partial charge in [0.15, 0.2) is 0 Å². The van der Waals surface area contributed by atoms with Crippen molar-refractivity contribution in [2.24, 2.45) is 0 Å². The van der Waals surface area contributed by atoms with Crippen molar-refractivity contribution in [3.8, 4) is 5.75 Å². The van der Waals surface area contributed by atoms with Crippen molar-refractivity contribution in [1.29, 1.82) is 0 Å². The molecule has 2 heterocycles. The van der Waals surface area contributed by atoms with Gasteiger partial charge in [-0.05, 0) is 56.7 Å². The number of aromatic nitrogens is 1. The first-order valence-corrected chi connectivity index (χ1v) is 11.2. The Hall–Kier alpha value is -0.0200. The molecule has 1 unspecified atom stereocenters. The van der Waals surface area contributed by atoms with Crippen LogP contribution in [0.15, 0.2) is 6.07 Å². The molecule has 8 heteroatoms. The molecule has 1 aromatic heterocycles. The van der Waals surface area contributed by atoms with E-state index in [2.05, 4.69) is 31.9 Å². The number of hydrogen-bond donors (Lipinski definition) is 1. The molecular weight excluding hydrogens is 494 g/mol. The van der Waals surface area contributed by atoms with Crippen LogP contribution in [-0.2, 0) is 17.5 Å². The lowest BCUT2D eigenvalue weighted by Gasteiger charge is -2.21. The lowest BCUT2D eigenvalue weighted by atomic mass is 10.1. The summed E-state index contributed by atoms with van der Waals surface area (Å²) in [5.41, 5.74) is 2.01. The fourth-order valence-corrected chi connectivity index (χ4v) is 5.55. The number of nitrogens with one attached hydrogen (secondary N) is 1. The minimum Gasteiger partial charge on any atom is -0.493 e. The molecular formula is C17H21Cl2IN2O2S. The van der Waals surface area contributed by atoms with Crippen LogP contribution in [0.25, 0.3) is 10.9 Å². The lowest BCUT2D eigenvalue weighted by molar-refractivity contribution is 0.344. The molecule has 0 saturated heterocycles. The van der Waals surface area contributed by atoms with Crippen LogP contribution < -0.4 is 9.46 Å². The molecule has 2 atom stereocenters. The van der Waals surface area contributed by atoms with Crippen molar-refractivity contribution >= 4 is 67.7 Å². The summed E-state index contributed by atoms with van der Waals surface area (Å²) in [6, 6.07) is 1.80. The van der Waals surface area contributed by atoms with E-state index in [4.69, 9.17) is 27.9 Å². The molecule has 0 fully saturated rings. The van der Waals surface area contributed by atoms with Crippen LogP contribution in [0.2, 0.25) is 10.0 Å². The van der Waals surface area contributed by atoms with Crippen molar-refractivity contribution in [2.75, 3.05) is 6.61 Å². The molecule has 1 N–H and O–H groups in total. The topological polar surface area (TPSA) is 43.3 Å². The highest BCUT2D eigenvalue weighted by atomic mass is 127. The van der Waals surface area contributed by atoms with Crippen molar-refractivity contribution in [2.45, 2.75) is 51.4 Å². The molecule has 1 aromatic carbocycles. The summed E-state index contributed by atoms with van der Waals surface area (Å²) in [6.45, 7) is 9.21. The van der Waals surface area contributed by atoms with Crippen molar-refractivity contribution in [3.63, 3.8) is 0 Å². The SMILES string of the molecule is CCOc1cc(Cl)c(Cl)c2c1c(I)c1n2CC[C@@H]1NS(=O)C(C)(C)C. The van der Waals surface area contributed by atoms with E-state index in [9.17, 15) is 4.21 Å². The van der Waals surface area contributed by atoms with Gasteiger partial charge in [0.25, 0.3) is 0 Å². The van der Waals surface area contributed by atoms with Crippen LogP contribution in [0.4, 0.5) is 0 Å². The van der Waals surface area contributed by atoms with Gasteiger partial charge in [-0.25, -0.2) is 8.93 Å². The minimum atomic E-state index is -1.14. The van der Waals surface area contributed by atoms with Crippen molar-refractivity contribution in [3.05, 3.63) is 25.4 Å². The molecule has 3 rings (SSSR count).